The molecule has 0 fully saturated rings. The smallest absolute Gasteiger partial charge is 0.283 e. The summed E-state index contributed by atoms with van der Waals surface area (Å²) in [5, 5.41) is 0. The van der Waals surface area contributed by atoms with Crippen molar-refractivity contribution in [1.29, 1.82) is 0 Å². The Kier molecular flexibility index (Phi) is 5.52. The molecule has 9 nitrogen and oxygen atoms in total. The molecule has 2 amide bonds. The van der Waals surface area contributed by atoms with Crippen molar-refractivity contribution in [2.45, 2.75) is 11.0 Å². The lowest BCUT2D eigenvalue weighted by Crippen LogP contribution is -2.50. The number of carbonyl (C=O) groups excluding carboxylic acids is 2. The van der Waals surface area contributed by atoms with Crippen LogP contribution in [0.15, 0.2) is 53.4 Å². The van der Waals surface area contributed by atoms with E-state index in [-0.39, 0.29) is 17.1 Å². The maximum Gasteiger partial charge on any atom is 0.283 e. The molecule has 0 radical (unpaired) electrons. The Morgan fingerprint density at radius 2 is 1.75 bits per heavy atom. The first-order chi connectivity index (χ1) is 13.3. The number of nitrogens with one attached hydrogen (secondary N) is 2. The number of hydrogen-bond donors (Lipinski definition) is 2. The highest BCUT2D eigenvalue weighted by atomic mass is 32.2. The zero-order valence-corrected chi connectivity index (χ0v) is 16.0. The van der Waals surface area contributed by atoms with E-state index in [1.807, 2.05) is 0 Å². The summed E-state index contributed by atoms with van der Waals surface area (Å²) in [6.45, 7) is -0.00468. The molecule has 0 unspecified atom stereocenters. The molecule has 10 heteroatoms. The quantitative estimate of drug-likeness (QED) is 0.718. The van der Waals surface area contributed by atoms with Gasteiger partial charge < -0.3 is 9.47 Å². The maximum absolute atomic E-state index is 12.3. The topological polar surface area (TPSA) is 114 Å². The highest BCUT2D eigenvalue weighted by Gasteiger charge is 2.27. The van der Waals surface area contributed by atoms with Gasteiger partial charge in [-0.25, -0.2) is 12.7 Å². The van der Waals surface area contributed by atoms with Gasteiger partial charge in [-0.1, -0.05) is 18.2 Å². The van der Waals surface area contributed by atoms with E-state index < -0.39 is 27.9 Å². The third kappa shape index (κ3) is 4.07. The van der Waals surface area contributed by atoms with Crippen molar-refractivity contribution in [3.05, 3.63) is 54.1 Å². The molecule has 0 bridgehead atoms. The van der Waals surface area contributed by atoms with Crippen LogP contribution in [-0.2, 0) is 14.8 Å². The molecule has 1 heterocycles. The van der Waals surface area contributed by atoms with Crippen LogP contribution in [-0.4, -0.2) is 51.3 Å². The molecular weight excluding hydrogens is 386 g/mol. The van der Waals surface area contributed by atoms with Gasteiger partial charge in [-0.2, -0.15) is 0 Å². The lowest BCUT2D eigenvalue weighted by Gasteiger charge is -2.25. The molecule has 0 aliphatic carbocycles. The maximum atomic E-state index is 12.3. The summed E-state index contributed by atoms with van der Waals surface area (Å²) in [6.07, 6.45) is -0.935. The minimum Gasteiger partial charge on any atom is -0.485 e. The van der Waals surface area contributed by atoms with Crippen molar-refractivity contribution in [2.75, 3.05) is 20.7 Å². The van der Waals surface area contributed by atoms with Gasteiger partial charge in [-0.05, 0) is 30.3 Å². The Morgan fingerprint density at radius 1 is 1.04 bits per heavy atom. The van der Waals surface area contributed by atoms with Crippen LogP contribution in [0.2, 0.25) is 0 Å². The lowest BCUT2D eigenvalue weighted by atomic mass is 10.2. The van der Waals surface area contributed by atoms with Gasteiger partial charge in [0.2, 0.25) is 16.1 Å². The number of benzene rings is 2. The van der Waals surface area contributed by atoms with Gasteiger partial charge in [0.05, 0.1) is 4.90 Å². The lowest BCUT2D eigenvalue weighted by molar-refractivity contribution is -0.131. The molecule has 3 rings (SSSR count). The summed E-state index contributed by atoms with van der Waals surface area (Å²) in [5.41, 5.74) is 4.58. The second-order valence-electron chi connectivity index (χ2n) is 6.12. The fourth-order valence-electron chi connectivity index (χ4n) is 2.43. The van der Waals surface area contributed by atoms with Crippen molar-refractivity contribution in [2.24, 2.45) is 0 Å². The second kappa shape index (κ2) is 7.87. The normalized spacial score (nSPS) is 15.8. The summed E-state index contributed by atoms with van der Waals surface area (Å²) >= 11 is 0. The summed E-state index contributed by atoms with van der Waals surface area (Å²) in [5.74, 6) is -0.294. The van der Waals surface area contributed by atoms with Crippen molar-refractivity contribution in [3.63, 3.8) is 0 Å². The highest BCUT2D eigenvalue weighted by molar-refractivity contribution is 7.89. The predicted octanol–water partition coefficient (Wildman–Crippen LogP) is 0.538. The molecule has 28 heavy (non-hydrogen) atoms. The number of hydrazine groups is 1. The van der Waals surface area contributed by atoms with Crippen LogP contribution >= 0.6 is 0 Å². The Balaban J connectivity index is 1.63. The average Bonchev–Trinajstić information content (AvgIpc) is 2.71. The van der Waals surface area contributed by atoms with Gasteiger partial charge in [0.1, 0.15) is 6.61 Å². The molecule has 1 atom stereocenters. The van der Waals surface area contributed by atoms with Gasteiger partial charge >= 0.3 is 0 Å². The first-order valence-electron chi connectivity index (χ1n) is 8.30. The van der Waals surface area contributed by atoms with Crippen LogP contribution in [0.5, 0.6) is 11.5 Å². The highest BCUT2D eigenvalue weighted by Crippen LogP contribution is 2.30. The number of para-hydroxylation sites is 2. The number of ether oxygens (including phenoxy) is 2. The van der Waals surface area contributed by atoms with Crippen molar-refractivity contribution >= 4 is 21.8 Å². The van der Waals surface area contributed by atoms with E-state index in [1.54, 1.807) is 24.3 Å². The van der Waals surface area contributed by atoms with E-state index in [1.165, 1.54) is 38.4 Å². The van der Waals surface area contributed by atoms with Gasteiger partial charge in [-0.3, -0.25) is 20.4 Å². The monoisotopic (exact) mass is 405 g/mol. The predicted molar refractivity (Wildman–Crippen MR) is 99.3 cm³/mol. The molecule has 0 aromatic heterocycles. The standard InChI is InChI=1S/C18H19N3O6S/c1-21(2)28(24,25)13-7-5-6-12(10-13)17(22)19-20-18(23)16-11-26-14-8-3-4-9-15(14)27-16/h3-10,16H,11H2,1-2H3,(H,19,22)(H,20,23)/t16-/m0/s1. The Bertz CT molecular complexity index is 1010. The van der Waals surface area contributed by atoms with E-state index in [9.17, 15) is 18.0 Å². The first-order valence-corrected chi connectivity index (χ1v) is 9.74. The van der Waals surface area contributed by atoms with Crippen LogP contribution in [0.25, 0.3) is 0 Å². The van der Waals surface area contributed by atoms with E-state index >= 15 is 0 Å². The first kappa shape index (κ1) is 19.6. The molecule has 148 valence electrons. The number of sulfonamides is 1. The number of rotatable bonds is 4. The second-order valence-corrected chi connectivity index (χ2v) is 8.27. The van der Waals surface area contributed by atoms with Crippen LogP contribution in [0.4, 0.5) is 0 Å². The molecule has 0 saturated heterocycles. The Hall–Kier alpha value is -3.11. The summed E-state index contributed by atoms with van der Waals surface area (Å²) in [6, 6.07) is 12.4. The Morgan fingerprint density at radius 3 is 2.46 bits per heavy atom. The fourth-order valence-corrected chi connectivity index (χ4v) is 3.38. The minimum atomic E-state index is -3.68. The van der Waals surface area contributed by atoms with Crippen LogP contribution in [0, 0.1) is 0 Å². The molecule has 1 aliphatic heterocycles. The van der Waals surface area contributed by atoms with E-state index in [0.29, 0.717) is 11.5 Å². The van der Waals surface area contributed by atoms with Crippen molar-refractivity contribution in [3.8, 4) is 11.5 Å². The van der Waals surface area contributed by atoms with Gasteiger partial charge in [0, 0.05) is 19.7 Å². The van der Waals surface area contributed by atoms with E-state index in [0.717, 1.165) is 4.31 Å². The fraction of sp³-hybridized carbons (Fsp3) is 0.222. The molecular formula is C18H19N3O6S. The summed E-state index contributed by atoms with van der Waals surface area (Å²) in [4.78, 5) is 24.5. The minimum absolute atomic E-state index is 0.00468. The van der Waals surface area contributed by atoms with Gasteiger partial charge in [0.15, 0.2) is 11.5 Å². The van der Waals surface area contributed by atoms with E-state index in [2.05, 4.69) is 10.9 Å². The zero-order chi connectivity index (χ0) is 20.3. The molecule has 0 spiro atoms. The third-order valence-electron chi connectivity index (χ3n) is 3.98. The Labute approximate surface area is 162 Å². The number of fused-ring (bicyclic) bond motifs is 1. The number of carbonyl (C=O) groups is 2. The largest absolute Gasteiger partial charge is 0.485 e. The van der Waals surface area contributed by atoms with E-state index in [4.69, 9.17) is 9.47 Å². The number of nitrogens with zero attached hydrogens (tertiary/aromatic N) is 1. The molecule has 2 aromatic carbocycles. The number of hydrogen-bond acceptors (Lipinski definition) is 6. The molecule has 1 aliphatic rings. The van der Waals surface area contributed by atoms with Crippen molar-refractivity contribution < 1.29 is 27.5 Å². The van der Waals surface area contributed by atoms with Crippen LogP contribution in [0.3, 0.4) is 0 Å². The summed E-state index contributed by atoms with van der Waals surface area (Å²) < 4.78 is 36.4. The van der Waals surface area contributed by atoms with Crippen molar-refractivity contribution in [1.82, 2.24) is 15.2 Å². The molecule has 2 N–H and O–H groups in total. The zero-order valence-electron chi connectivity index (χ0n) is 15.2. The third-order valence-corrected chi connectivity index (χ3v) is 5.79. The van der Waals surface area contributed by atoms with Crippen LogP contribution < -0.4 is 20.3 Å². The van der Waals surface area contributed by atoms with Gasteiger partial charge in [-0.15, -0.1) is 0 Å². The summed E-state index contributed by atoms with van der Waals surface area (Å²) in [7, 11) is -0.889. The molecule has 2 aromatic rings. The van der Waals surface area contributed by atoms with Gasteiger partial charge in [0.25, 0.3) is 11.8 Å². The van der Waals surface area contributed by atoms with Crippen LogP contribution in [0.1, 0.15) is 10.4 Å². The SMILES string of the molecule is CN(C)S(=O)(=O)c1cccc(C(=O)NNC(=O)[C@@H]2COc3ccccc3O2)c1. The average molecular weight is 405 g/mol. The molecule has 0 saturated carbocycles. The number of amides is 2.